The van der Waals surface area contributed by atoms with Crippen molar-refractivity contribution in [3.63, 3.8) is 0 Å². The highest BCUT2D eigenvalue weighted by Gasteiger charge is 2.06. The Morgan fingerprint density at radius 3 is 2.76 bits per heavy atom. The molecule has 0 spiro atoms. The second-order valence-corrected chi connectivity index (χ2v) is 3.37. The van der Waals surface area contributed by atoms with E-state index in [4.69, 9.17) is 10.5 Å². The third kappa shape index (κ3) is 5.56. The van der Waals surface area contributed by atoms with Gasteiger partial charge in [0.25, 0.3) is 0 Å². The summed E-state index contributed by atoms with van der Waals surface area (Å²) in [6.07, 6.45) is 1.14. The Labute approximate surface area is 108 Å². The van der Waals surface area contributed by atoms with Gasteiger partial charge >= 0.3 is 0 Å². The number of amides is 1. The molecule has 0 radical (unpaired) electrons. The van der Waals surface area contributed by atoms with Crippen LogP contribution in [0.5, 0.6) is 5.75 Å². The maximum Gasteiger partial charge on any atom is 0.224 e. The molecular formula is C12H19ClN2O2. The average Bonchev–Trinajstić information content (AvgIpc) is 2.29. The van der Waals surface area contributed by atoms with Gasteiger partial charge in [0, 0.05) is 6.42 Å². The number of para-hydroxylation sites is 2. The Bertz CT molecular complexity index is 345. The molecule has 1 amide bonds. The summed E-state index contributed by atoms with van der Waals surface area (Å²) >= 11 is 0. The van der Waals surface area contributed by atoms with Crippen molar-refractivity contribution < 1.29 is 9.53 Å². The van der Waals surface area contributed by atoms with E-state index in [0.29, 0.717) is 37.4 Å². The number of carbonyl (C=O) groups is 1. The second kappa shape index (κ2) is 8.84. The number of rotatable bonds is 6. The molecule has 3 N–H and O–H groups in total. The van der Waals surface area contributed by atoms with Crippen LogP contribution in [0.15, 0.2) is 24.3 Å². The van der Waals surface area contributed by atoms with Gasteiger partial charge < -0.3 is 15.8 Å². The SMILES string of the molecule is CCOc1ccccc1NC(=O)CCCN.Cl. The van der Waals surface area contributed by atoms with E-state index in [2.05, 4.69) is 5.32 Å². The Balaban J connectivity index is 0.00000256. The minimum atomic E-state index is -0.0300. The smallest absolute Gasteiger partial charge is 0.224 e. The summed E-state index contributed by atoms with van der Waals surface area (Å²) in [5.41, 5.74) is 6.06. The molecule has 1 rings (SSSR count). The number of carbonyl (C=O) groups excluding carboxylic acids is 1. The van der Waals surface area contributed by atoms with Crippen LogP contribution < -0.4 is 15.8 Å². The van der Waals surface area contributed by atoms with Gasteiger partial charge in [-0.1, -0.05) is 12.1 Å². The summed E-state index contributed by atoms with van der Waals surface area (Å²) in [5.74, 6) is 0.670. The first-order chi connectivity index (χ1) is 7.77. The van der Waals surface area contributed by atoms with Crippen LogP contribution >= 0.6 is 12.4 Å². The second-order valence-electron chi connectivity index (χ2n) is 3.37. The van der Waals surface area contributed by atoms with E-state index in [0.717, 1.165) is 0 Å². The van der Waals surface area contributed by atoms with E-state index in [-0.39, 0.29) is 18.3 Å². The van der Waals surface area contributed by atoms with Crippen molar-refractivity contribution in [2.75, 3.05) is 18.5 Å². The van der Waals surface area contributed by atoms with Crippen molar-refractivity contribution in [2.24, 2.45) is 5.73 Å². The van der Waals surface area contributed by atoms with Gasteiger partial charge in [0.1, 0.15) is 5.75 Å². The van der Waals surface area contributed by atoms with Crippen LogP contribution in [0.3, 0.4) is 0 Å². The van der Waals surface area contributed by atoms with E-state index < -0.39 is 0 Å². The summed E-state index contributed by atoms with van der Waals surface area (Å²) < 4.78 is 5.40. The fourth-order valence-corrected chi connectivity index (χ4v) is 1.33. The van der Waals surface area contributed by atoms with Crippen molar-refractivity contribution in [3.05, 3.63) is 24.3 Å². The van der Waals surface area contributed by atoms with Gasteiger partial charge in [-0.3, -0.25) is 4.79 Å². The van der Waals surface area contributed by atoms with Crippen LogP contribution in [0.4, 0.5) is 5.69 Å². The number of anilines is 1. The summed E-state index contributed by atoms with van der Waals surface area (Å²) in [7, 11) is 0. The predicted molar refractivity (Wildman–Crippen MR) is 71.8 cm³/mol. The van der Waals surface area contributed by atoms with Crippen molar-refractivity contribution in [3.8, 4) is 5.75 Å². The molecule has 4 nitrogen and oxygen atoms in total. The Morgan fingerprint density at radius 1 is 1.41 bits per heavy atom. The molecule has 96 valence electrons. The van der Waals surface area contributed by atoms with Gasteiger partial charge in [0.2, 0.25) is 5.91 Å². The lowest BCUT2D eigenvalue weighted by Gasteiger charge is -2.10. The molecule has 0 fully saturated rings. The van der Waals surface area contributed by atoms with Gasteiger partial charge in [-0.2, -0.15) is 0 Å². The highest BCUT2D eigenvalue weighted by Crippen LogP contribution is 2.23. The number of nitrogens with two attached hydrogens (primary N) is 1. The molecule has 0 aromatic heterocycles. The van der Waals surface area contributed by atoms with E-state index in [9.17, 15) is 4.79 Å². The van der Waals surface area contributed by atoms with E-state index in [1.165, 1.54) is 0 Å². The fourth-order valence-electron chi connectivity index (χ4n) is 1.33. The minimum Gasteiger partial charge on any atom is -0.492 e. The summed E-state index contributed by atoms with van der Waals surface area (Å²) in [5, 5.41) is 2.81. The quantitative estimate of drug-likeness (QED) is 0.822. The molecule has 1 aromatic carbocycles. The molecule has 5 heteroatoms. The van der Waals surface area contributed by atoms with E-state index in [1.807, 2.05) is 31.2 Å². The van der Waals surface area contributed by atoms with Crippen molar-refractivity contribution in [1.82, 2.24) is 0 Å². The average molecular weight is 259 g/mol. The number of benzene rings is 1. The lowest BCUT2D eigenvalue weighted by molar-refractivity contribution is -0.116. The van der Waals surface area contributed by atoms with Crippen LogP contribution in [0.25, 0.3) is 0 Å². The molecule has 0 unspecified atom stereocenters. The molecule has 0 aliphatic carbocycles. The molecule has 0 saturated heterocycles. The van der Waals surface area contributed by atoms with Gasteiger partial charge in [0.15, 0.2) is 0 Å². The first kappa shape index (κ1) is 15.7. The van der Waals surface area contributed by atoms with Crippen LogP contribution in [0, 0.1) is 0 Å². The van der Waals surface area contributed by atoms with Gasteiger partial charge in [0.05, 0.1) is 12.3 Å². The highest BCUT2D eigenvalue weighted by atomic mass is 35.5. The molecule has 0 aliphatic heterocycles. The summed E-state index contributed by atoms with van der Waals surface area (Å²) in [6.45, 7) is 3.02. The van der Waals surface area contributed by atoms with Crippen LogP contribution in [-0.4, -0.2) is 19.1 Å². The maximum absolute atomic E-state index is 11.5. The zero-order valence-corrected chi connectivity index (χ0v) is 10.8. The Kier molecular flexibility index (Phi) is 8.19. The molecule has 1 aromatic rings. The molecule has 0 saturated carbocycles. The summed E-state index contributed by atoms with van der Waals surface area (Å²) in [4.78, 5) is 11.5. The normalized spacial score (nSPS) is 9.29. The van der Waals surface area contributed by atoms with E-state index in [1.54, 1.807) is 0 Å². The molecule has 0 bridgehead atoms. The van der Waals surface area contributed by atoms with Crippen molar-refractivity contribution >= 4 is 24.0 Å². The molecule has 0 aliphatic rings. The Morgan fingerprint density at radius 2 is 2.12 bits per heavy atom. The van der Waals surface area contributed by atoms with Crippen LogP contribution in [0.2, 0.25) is 0 Å². The Hall–Kier alpha value is -1.26. The largest absolute Gasteiger partial charge is 0.492 e. The number of ether oxygens (including phenoxy) is 1. The molecular weight excluding hydrogens is 240 g/mol. The third-order valence-corrected chi connectivity index (χ3v) is 2.07. The van der Waals surface area contributed by atoms with Gasteiger partial charge in [-0.25, -0.2) is 0 Å². The predicted octanol–water partition coefficient (Wildman–Crippen LogP) is 2.18. The molecule has 0 atom stereocenters. The standard InChI is InChI=1S/C12H18N2O2.ClH/c1-2-16-11-7-4-3-6-10(11)14-12(15)8-5-9-13;/h3-4,6-7H,2,5,8-9,13H2,1H3,(H,14,15);1H. The third-order valence-electron chi connectivity index (χ3n) is 2.07. The highest BCUT2D eigenvalue weighted by molar-refractivity contribution is 5.92. The van der Waals surface area contributed by atoms with Crippen molar-refractivity contribution in [1.29, 1.82) is 0 Å². The molecule has 0 heterocycles. The minimum absolute atomic E-state index is 0. The lowest BCUT2D eigenvalue weighted by atomic mass is 10.2. The monoisotopic (exact) mass is 258 g/mol. The number of hydrogen-bond acceptors (Lipinski definition) is 3. The lowest BCUT2D eigenvalue weighted by Crippen LogP contribution is -2.14. The van der Waals surface area contributed by atoms with Crippen LogP contribution in [-0.2, 0) is 4.79 Å². The van der Waals surface area contributed by atoms with Crippen molar-refractivity contribution in [2.45, 2.75) is 19.8 Å². The number of halogens is 1. The topological polar surface area (TPSA) is 64.3 Å². The number of nitrogens with one attached hydrogen (secondary N) is 1. The van der Waals surface area contributed by atoms with E-state index >= 15 is 0 Å². The van der Waals surface area contributed by atoms with Crippen LogP contribution in [0.1, 0.15) is 19.8 Å². The molecule has 17 heavy (non-hydrogen) atoms. The fraction of sp³-hybridized carbons (Fsp3) is 0.417. The maximum atomic E-state index is 11.5. The number of hydrogen-bond donors (Lipinski definition) is 2. The van der Waals surface area contributed by atoms with Gasteiger partial charge in [-0.15, -0.1) is 12.4 Å². The summed E-state index contributed by atoms with van der Waals surface area (Å²) in [6, 6.07) is 7.40. The first-order valence-corrected chi connectivity index (χ1v) is 5.49. The zero-order valence-electron chi connectivity index (χ0n) is 9.94. The van der Waals surface area contributed by atoms with Gasteiger partial charge in [-0.05, 0) is 32.0 Å². The zero-order chi connectivity index (χ0) is 11.8. The first-order valence-electron chi connectivity index (χ1n) is 5.49.